The number of imidazole rings is 1. The molecule has 5 rings (SSSR count). The molecule has 4 atom stereocenters. The van der Waals surface area contributed by atoms with E-state index in [1.54, 1.807) is 17.3 Å². The molecule has 3 aromatic heterocycles. The third-order valence-electron chi connectivity index (χ3n) is 11.5. The van der Waals surface area contributed by atoms with Crippen molar-refractivity contribution in [2.45, 2.75) is 141 Å². The minimum absolute atomic E-state index is 0.0136. The molecule has 3 aromatic rings. The Bertz CT molecular complexity index is 1600. The highest BCUT2D eigenvalue weighted by molar-refractivity contribution is 6.75. The minimum atomic E-state index is -2.33. The molecule has 1 saturated heterocycles. The van der Waals surface area contributed by atoms with Gasteiger partial charge in [-0.1, -0.05) is 67.5 Å². The number of fused-ring (bicyclic) bond motifs is 1. The highest BCUT2D eigenvalue weighted by Gasteiger charge is 2.55. The molecule has 14 heteroatoms. The number of rotatable bonds is 10. The molecule has 1 saturated carbocycles. The van der Waals surface area contributed by atoms with Crippen LogP contribution in [0.15, 0.2) is 18.9 Å². The normalized spacial score (nSPS) is 23.7. The summed E-state index contributed by atoms with van der Waals surface area (Å²) >= 11 is 0. The maximum absolute atomic E-state index is 7.36. The second-order valence-corrected chi connectivity index (χ2v) is 32.4. The van der Waals surface area contributed by atoms with Gasteiger partial charge < -0.3 is 18.0 Å². The van der Waals surface area contributed by atoms with Gasteiger partial charge in [0.1, 0.15) is 24.6 Å². The fourth-order valence-corrected chi connectivity index (χ4v) is 8.73. The Morgan fingerprint density at radius 3 is 1.90 bits per heavy atom. The van der Waals surface area contributed by atoms with E-state index in [0.717, 1.165) is 11.6 Å². The third kappa shape index (κ3) is 7.70. The van der Waals surface area contributed by atoms with Gasteiger partial charge in [0.15, 0.2) is 48.2 Å². The molecule has 1 aliphatic heterocycles. The fourth-order valence-electron chi connectivity index (χ4n) is 5.11. The van der Waals surface area contributed by atoms with Crippen molar-refractivity contribution < 1.29 is 18.0 Å². The summed E-state index contributed by atoms with van der Waals surface area (Å²) in [6.45, 7) is 34.5. The van der Waals surface area contributed by atoms with Crippen LogP contribution in [0.4, 0.5) is 0 Å². The molecule has 0 aromatic carbocycles. The zero-order chi connectivity index (χ0) is 36.4. The van der Waals surface area contributed by atoms with E-state index in [1.165, 1.54) is 0 Å². The average Bonchev–Trinajstić information content (AvgIpc) is 3.77. The number of nitrogens with zero attached hydrogens (tertiary/aromatic N) is 7. The fraction of sp³-hybridized carbons (Fsp3) is 0.657. The Balaban J connectivity index is 1.59. The van der Waals surface area contributed by atoms with Crippen LogP contribution in [-0.2, 0) is 18.0 Å². The second-order valence-electron chi connectivity index (χ2n) is 18.1. The number of ether oxygens (including phenoxy) is 1. The summed E-state index contributed by atoms with van der Waals surface area (Å²) in [7, 11) is -6.72. The van der Waals surface area contributed by atoms with Gasteiger partial charge in [0.2, 0.25) is 0 Å². The topological polar surface area (TPSA) is 111 Å². The summed E-state index contributed by atoms with van der Waals surface area (Å²) in [5, 5.41) is 8.78. The van der Waals surface area contributed by atoms with E-state index in [2.05, 4.69) is 117 Å². The molecule has 0 spiro atoms. The van der Waals surface area contributed by atoms with Gasteiger partial charge in [-0.15, -0.1) is 5.10 Å². The average molecular weight is 725 g/mol. The molecular formula is C35H58N7O4Si3. The molecule has 269 valence electrons. The van der Waals surface area contributed by atoms with Gasteiger partial charge in [-0.25, -0.2) is 15.0 Å². The van der Waals surface area contributed by atoms with Crippen molar-refractivity contribution in [3.63, 3.8) is 0 Å². The first-order valence-electron chi connectivity index (χ1n) is 17.4. The lowest BCUT2D eigenvalue weighted by atomic mass is 10.1. The van der Waals surface area contributed by atoms with Crippen LogP contribution in [0.1, 0.15) is 74.2 Å². The van der Waals surface area contributed by atoms with Gasteiger partial charge in [0.05, 0.1) is 24.8 Å². The lowest BCUT2D eigenvalue weighted by Crippen LogP contribution is -2.54. The molecule has 0 bridgehead atoms. The maximum atomic E-state index is 7.36. The van der Waals surface area contributed by atoms with Gasteiger partial charge in [-0.05, 0) is 80.1 Å². The second kappa shape index (κ2) is 13.3. The van der Waals surface area contributed by atoms with Crippen LogP contribution in [0, 0.1) is 31.6 Å². The summed E-state index contributed by atoms with van der Waals surface area (Å²) in [6.07, 6.45) is 11.5. The van der Waals surface area contributed by atoms with Crippen molar-refractivity contribution in [2.75, 3.05) is 6.61 Å². The van der Waals surface area contributed by atoms with Gasteiger partial charge in [-0.3, -0.25) is 4.57 Å². The summed E-state index contributed by atoms with van der Waals surface area (Å²) < 4.78 is 32.3. The Kier molecular flexibility index (Phi) is 10.4. The molecule has 11 nitrogen and oxygen atoms in total. The summed E-state index contributed by atoms with van der Waals surface area (Å²) in [5.74, 6) is 1.53. The lowest BCUT2D eigenvalue weighted by molar-refractivity contribution is -0.0470. The van der Waals surface area contributed by atoms with Gasteiger partial charge >= 0.3 is 0 Å². The first-order chi connectivity index (χ1) is 22.4. The van der Waals surface area contributed by atoms with Crippen LogP contribution in [0.3, 0.4) is 0 Å². The standard InChI is InChI=1S/C35H58N7O4Si3/c1-33(2,3)47(10,11)43-21-26-28(45-48(12,13)34(4,5)6)29(46-49(14,15)35(7,8)9)32(44-26)41-23-38-27-30(41)36-22-37-31(27)42-20-25(39-40-42)24-18-16-17-19-24/h16-20,22-23,26,28-29,32H,21H2,1-15H3/t26-,28-,29-,32-/m1/s1. The van der Waals surface area contributed by atoms with Crippen LogP contribution >= 0.6 is 0 Å². The summed E-state index contributed by atoms with van der Waals surface area (Å²) in [4.78, 5) is 14.2. The SMILES string of the molecule is CC(C)(C)[Si](C)(C)OC[C@H]1O[C@@H](n2cnc3c(-n4cc([C]5[CH][CH][CH][CH]5)nn4)ncnc32)[C@H](O[Si](C)(C)C(C)(C)C)[C@@H]1O[Si](C)(C)C(C)(C)C. The smallest absolute Gasteiger partial charge is 0.192 e. The van der Waals surface area contributed by atoms with Crippen LogP contribution < -0.4 is 0 Å². The van der Waals surface area contributed by atoms with E-state index in [4.69, 9.17) is 28.0 Å². The molecule has 0 unspecified atom stereocenters. The van der Waals surface area contributed by atoms with Crippen molar-refractivity contribution in [1.29, 1.82) is 0 Å². The van der Waals surface area contributed by atoms with E-state index >= 15 is 0 Å². The lowest BCUT2D eigenvalue weighted by Gasteiger charge is -2.44. The van der Waals surface area contributed by atoms with Crippen molar-refractivity contribution in [3.8, 4) is 5.82 Å². The predicted octanol–water partition coefficient (Wildman–Crippen LogP) is 7.86. The highest BCUT2D eigenvalue weighted by Crippen LogP contribution is 2.47. The third-order valence-corrected chi connectivity index (χ3v) is 24.9. The molecule has 2 fully saturated rings. The molecule has 0 amide bonds. The van der Waals surface area contributed by atoms with E-state index in [9.17, 15) is 0 Å². The van der Waals surface area contributed by atoms with Crippen LogP contribution in [-0.4, -0.2) is 84.4 Å². The molecule has 0 N–H and O–H groups in total. The van der Waals surface area contributed by atoms with Gasteiger partial charge in [0.25, 0.3) is 0 Å². The highest BCUT2D eigenvalue weighted by atomic mass is 28.4. The number of hydrogen-bond acceptors (Lipinski definition) is 9. The molecule has 1 aliphatic carbocycles. The van der Waals surface area contributed by atoms with Crippen molar-refractivity contribution in [2.24, 2.45) is 0 Å². The Labute approximate surface area is 297 Å². The van der Waals surface area contributed by atoms with E-state index in [-0.39, 0.29) is 27.3 Å². The van der Waals surface area contributed by atoms with Crippen LogP contribution in [0.25, 0.3) is 17.0 Å². The molecule has 49 heavy (non-hydrogen) atoms. The van der Waals surface area contributed by atoms with E-state index in [0.29, 0.717) is 23.6 Å². The summed E-state index contributed by atoms with van der Waals surface area (Å²) in [6, 6.07) is 0. The summed E-state index contributed by atoms with van der Waals surface area (Å²) in [5.41, 5.74) is 1.98. The van der Waals surface area contributed by atoms with E-state index < -0.39 is 37.3 Å². The quantitative estimate of drug-likeness (QED) is 0.193. The molecule has 5 radical (unpaired) electrons. The molecule has 4 heterocycles. The monoisotopic (exact) mass is 724 g/mol. The Hall–Kier alpha value is -1.82. The first kappa shape index (κ1) is 38.4. The van der Waals surface area contributed by atoms with E-state index in [1.807, 2.05) is 36.4 Å². The number of hydrogen-bond donors (Lipinski definition) is 0. The van der Waals surface area contributed by atoms with Gasteiger partial charge in [-0.2, -0.15) is 4.68 Å². The maximum Gasteiger partial charge on any atom is 0.192 e. The largest absolute Gasteiger partial charge is 0.414 e. The first-order valence-corrected chi connectivity index (χ1v) is 26.1. The zero-order valence-corrected chi connectivity index (χ0v) is 35.3. The molecule has 2 aliphatic rings. The van der Waals surface area contributed by atoms with Crippen LogP contribution in [0.5, 0.6) is 0 Å². The molecular weight excluding hydrogens is 667 g/mol. The predicted molar refractivity (Wildman–Crippen MR) is 201 cm³/mol. The van der Waals surface area contributed by atoms with Crippen molar-refractivity contribution in [1.82, 2.24) is 34.5 Å². The Morgan fingerprint density at radius 1 is 0.755 bits per heavy atom. The van der Waals surface area contributed by atoms with Gasteiger partial charge in [0, 0.05) is 5.92 Å². The van der Waals surface area contributed by atoms with Crippen molar-refractivity contribution in [3.05, 3.63) is 56.1 Å². The minimum Gasteiger partial charge on any atom is -0.414 e. The number of aromatic nitrogens is 7. The van der Waals surface area contributed by atoms with Crippen molar-refractivity contribution >= 4 is 36.1 Å². The van der Waals surface area contributed by atoms with Crippen LogP contribution in [0.2, 0.25) is 54.4 Å². The zero-order valence-electron chi connectivity index (χ0n) is 32.3. The Morgan fingerprint density at radius 2 is 1.33 bits per heavy atom.